The Balaban J connectivity index is 1.72. The highest BCUT2D eigenvalue weighted by Gasteiger charge is 2.31. The molecule has 0 aliphatic carbocycles. The number of urea groups is 1. The molecule has 3 amide bonds. The lowest BCUT2D eigenvalue weighted by atomic mass is 10.00. The first-order valence-corrected chi connectivity index (χ1v) is 10.3. The number of para-hydroxylation sites is 1. The Morgan fingerprint density at radius 1 is 1.03 bits per heavy atom. The number of carbonyl (C=O) groups excluding carboxylic acids is 2. The molecule has 0 saturated heterocycles. The number of amides is 3. The summed E-state index contributed by atoms with van der Waals surface area (Å²) < 4.78 is 14.7. The number of hydrogen-bond donors (Lipinski definition) is 2. The zero-order valence-corrected chi connectivity index (χ0v) is 18.2. The van der Waals surface area contributed by atoms with Crippen molar-refractivity contribution >= 4 is 40.6 Å². The molecular weight excluding hydrogens is 431 g/mol. The third-order valence-corrected chi connectivity index (χ3v) is 5.68. The monoisotopic (exact) mass is 450 g/mol. The van der Waals surface area contributed by atoms with E-state index in [0.717, 1.165) is 5.56 Å². The van der Waals surface area contributed by atoms with Gasteiger partial charge in [-0.15, -0.1) is 0 Å². The number of carbonyl (C=O) groups is 2. The van der Waals surface area contributed by atoms with E-state index < -0.39 is 23.9 Å². The Bertz CT molecular complexity index is 1240. The number of aliphatic imine (C=N–C) groups is 1. The van der Waals surface area contributed by atoms with E-state index in [0.29, 0.717) is 22.0 Å². The number of anilines is 2. The van der Waals surface area contributed by atoms with Crippen LogP contribution in [-0.2, 0) is 4.79 Å². The number of likely N-dealkylation sites (N-methyl/N-ethyl adjacent to an activating group) is 1. The highest BCUT2D eigenvalue weighted by Crippen LogP contribution is 2.28. The molecule has 0 radical (unpaired) electrons. The molecule has 0 spiro atoms. The number of nitrogens with zero attached hydrogens (tertiary/aromatic N) is 2. The lowest BCUT2D eigenvalue weighted by molar-refractivity contribution is -0.119. The van der Waals surface area contributed by atoms with Gasteiger partial charge in [-0.3, -0.25) is 4.79 Å². The molecule has 6 nitrogen and oxygen atoms in total. The summed E-state index contributed by atoms with van der Waals surface area (Å²) in [6, 6.07) is 17.8. The minimum atomic E-state index is -1.27. The minimum Gasteiger partial charge on any atom is -0.311 e. The van der Waals surface area contributed by atoms with Gasteiger partial charge in [-0.05, 0) is 36.8 Å². The van der Waals surface area contributed by atoms with Crippen LogP contribution in [-0.4, -0.2) is 30.9 Å². The molecule has 1 aliphatic heterocycles. The topological polar surface area (TPSA) is 73.8 Å². The van der Waals surface area contributed by atoms with Crippen LogP contribution in [0.1, 0.15) is 16.7 Å². The second kappa shape index (κ2) is 8.80. The molecule has 162 valence electrons. The fraction of sp³-hybridized carbons (Fsp3) is 0.125. The van der Waals surface area contributed by atoms with E-state index in [2.05, 4.69) is 15.6 Å². The van der Waals surface area contributed by atoms with Crippen LogP contribution in [0.2, 0.25) is 5.02 Å². The molecule has 32 heavy (non-hydrogen) atoms. The Kier molecular flexibility index (Phi) is 5.92. The second-order valence-corrected chi connectivity index (χ2v) is 7.69. The number of nitrogens with one attached hydrogen (secondary N) is 2. The number of benzene rings is 3. The predicted octanol–water partition coefficient (Wildman–Crippen LogP) is 4.75. The zero-order chi connectivity index (χ0) is 22.8. The van der Waals surface area contributed by atoms with Gasteiger partial charge in [-0.2, -0.15) is 0 Å². The zero-order valence-electron chi connectivity index (χ0n) is 17.4. The Hall–Kier alpha value is -3.71. The van der Waals surface area contributed by atoms with Crippen LogP contribution >= 0.6 is 11.6 Å². The van der Waals surface area contributed by atoms with Gasteiger partial charge in [0.25, 0.3) is 5.91 Å². The van der Waals surface area contributed by atoms with Crippen molar-refractivity contribution in [2.45, 2.75) is 13.1 Å². The van der Waals surface area contributed by atoms with Crippen molar-refractivity contribution in [2.24, 2.45) is 4.99 Å². The summed E-state index contributed by atoms with van der Waals surface area (Å²) in [4.78, 5) is 31.7. The summed E-state index contributed by atoms with van der Waals surface area (Å²) in [5.74, 6) is -0.943. The third-order valence-electron chi connectivity index (χ3n) is 5.18. The van der Waals surface area contributed by atoms with Crippen molar-refractivity contribution in [3.63, 3.8) is 0 Å². The van der Waals surface area contributed by atoms with Gasteiger partial charge in [0.2, 0.25) is 6.17 Å². The molecular formula is C24H20ClFN4O2. The molecule has 1 heterocycles. The van der Waals surface area contributed by atoms with Gasteiger partial charge in [0.1, 0.15) is 5.82 Å². The van der Waals surface area contributed by atoms with Gasteiger partial charge in [0, 0.05) is 18.2 Å². The van der Waals surface area contributed by atoms with E-state index in [1.54, 1.807) is 61.6 Å². The SMILES string of the molecule is Cc1cccc(NC(=O)NC2N=C(c3ccccc3F)c3ccccc3N(C)C2=O)c1Cl. The molecule has 8 heteroatoms. The first-order chi connectivity index (χ1) is 15.4. The van der Waals surface area contributed by atoms with Gasteiger partial charge >= 0.3 is 6.03 Å². The lowest BCUT2D eigenvalue weighted by Gasteiger charge is -2.21. The molecule has 1 aliphatic rings. The first-order valence-electron chi connectivity index (χ1n) is 9.89. The normalized spacial score (nSPS) is 15.5. The Labute approximate surface area is 189 Å². The van der Waals surface area contributed by atoms with Gasteiger partial charge < -0.3 is 15.5 Å². The standard InChI is InChI=1S/C24H20ClFN4O2/c1-14-8-7-12-18(20(14)25)27-24(32)29-22-23(31)30(2)19-13-6-4-10-16(19)21(28-22)15-9-3-5-11-17(15)26/h3-13,22H,1-2H3,(H2,27,29,32). The molecule has 2 N–H and O–H groups in total. The van der Waals surface area contributed by atoms with Crippen molar-refractivity contribution in [2.75, 3.05) is 17.3 Å². The van der Waals surface area contributed by atoms with Crippen LogP contribution in [0.3, 0.4) is 0 Å². The molecule has 0 aromatic heterocycles. The number of rotatable bonds is 3. The van der Waals surface area contributed by atoms with E-state index in [1.807, 2.05) is 13.0 Å². The summed E-state index contributed by atoms with van der Waals surface area (Å²) in [6.07, 6.45) is -1.27. The summed E-state index contributed by atoms with van der Waals surface area (Å²) >= 11 is 6.25. The van der Waals surface area contributed by atoms with Crippen LogP contribution in [0.5, 0.6) is 0 Å². The quantitative estimate of drug-likeness (QED) is 0.604. The van der Waals surface area contributed by atoms with Crippen molar-refractivity contribution < 1.29 is 14.0 Å². The molecule has 1 atom stereocenters. The summed E-state index contributed by atoms with van der Waals surface area (Å²) in [5, 5.41) is 5.62. The van der Waals surface area contributed by atoms with Crippen LogP contribution in [0, 0.1) is 12.7 Å². The first kappa shape index (κ1) is 21.5. The van der Waals surface area contributed by atoms with Gasteiger partial charge in [0.05, 0.1) is 22.1 Å². The summed E-state index contributed by atoms with van der Waals surface area (Å²) in [6.45, 7) is 1.82. The van der Waals surface area contributed by atoms with Crippen molar-refractivity contribution in [1.82, 2.24) is 5.32 Å². The van der Waals surface area contributed by atoms with E-state index in [1.165, 1.54) is 11.0 Å². The lowest BCUT2D eigenvalue weighted by Crippen LogP contribution is -2.47. The van der Waals surface area contributed by atoms with Crippen molar-refractivity contribution in [3.8, 4) is 0 Å². The van der Waals surface area contributed by atoms with Crippen LogP contribution in [0.4, 0.5) is 20.6 Å². The number of benzodiazepines with no additional fused rings is 1. The number of fused-ring (bicyclic) bond motifs is 1. The fourth-order valence-corrected chi connectivity index (χ4v) is 3.68. The highest BCUT2D eigenvalue weighted by atomic mass is 35.5. The van der Waals surface area contributed by atoms with E-state index in [-0.39, 0.29) is 11.3 Å². The van der Waals surface area contributed by atoms with Gasteiger partial charge in [-0.25, -0.2) is 14.2 Å². The smallest absolute Gasteiger partial charge is 0.311 e. The molecule has 1 unspecified atom stereocenters. The van der Waals surface area contributed by atoms with Crippen molar-refractivity contribution in [3.05, 3.63) is 94.3 Å². The molecule has 0 bridgehead atoms. The van der Waals surface area contributed by atoms with E-state index in [4.69, 9.17) is 11.6 Å². The maximum absolute atomic E-state index is 14.7. The van der Waals surface area contributed by atoms with Crippen molar-refractivity contribution in [1.29, 1.82) is 0 Å². The largest absolute Gasteiger partial charge is 0.321 e. The number of aryl methyl sites for hydroxylation is 1. The maximum Gasteiger partial charge on any atom is 0.321 e. The molecule has 4 rings (SSSR count). The molecule has 0 fully saturated rings. The van der Waals surface area contributed by atoms with E-state index in [9.17, 15) is 14.0 Å². The Morgan fingerprint density at radius 2 is 1.72 bits per heavy atom. The third kappa shape index (κ3) is 4.07. The second-order valence-electron chi connectivity index (χ2n) is 7.31. The van der Waals surface area contributed by atoms with Gasteiger partial charge in [-0.1, -0.05) is 54.1 Å². The summed E-state index contributed by atoms with van der Waals surface area (Å²) in [5.41, 5.74) is 2.85. The average Bonchev–Trinajstić information content (AvgIpc) is 2.88. The summed E-state index contributed by atoms with van der Waals surface area (Å²) in [7, 11) is 1.59. The fourth-order valence-electron chi connectivity index (χ4n) is 3.51. The van der Waals surface area contributed by atoms with Crippen LogP contribution in [0.15, 0.2) is 71.7 Å². The van der Waals surface area contributed by atoms with E-state index >= 15 is 0 Å². The average molecular weight is 451 g/mol. The Morgan fingerprint density at radius 3 is 2.47 bits per heavy atom. The molecule has 3 aromatic carbocycles. The number of hydrogen-bond acceptors (Lipinski definition) is 3. The predicted molar refractivity (Wildman–Crippen MR) is 124 cm³/mol. The molecule has 0 saturated carbocycles. The maximum atomic E-state index is 14.7. The van der Waals surface area contributed by atoms with Crippen LogP contribution in [0.25, 0.3) is 0 Å². The van der Waals surface area contributed by atoms with Gasteiger partial charge in [0.15, 0.2) is 0 Å². The minimum absolute atomic E-state index is 0.233. The van der Waals surface area contributed by atoms with Crippen LogP contribution < -0.4 is 15.5 Å². The molecule has 3 aromatic rings. The highest BCUT2D eigenvalue weighted by molar-refractivity contribution is 6.34. The number of halogens is 2.